The lowest BCUT2D eigenvalue weighted by molar-refractivity contribution is 0.306. The van der Waals surface area contributed by atoms with Crippen molar-refractivity contribution in [3.05, 3.63) is 53.2 Å². The predicted molar refractivity (Wildman–Crippen MR) is 78.8 cm³/mol. The fourth-order valence-corrected chi connectivity index (χ4v) is 1.84. The van der Waals surface area contributed by atoms with Gasteiger partial charge in [-0.25, -0.2) is 4.98 Å². The molecular weight excluding hydrogens is 260 g/mol. The summed E-state index contributed by atoms with van der Waals surface area (Å²) in [5.74, 6) is 1.47. The van der Waals surface area contributed by atoms with Crippen LogP contribution in [0.1, 0.15) is 18.9 Å². The van der Waals surface area contributed by atoms with Gasteiger partial charge in [0, 0.05) is 18.7 Å². The molecule has 0 aliphatic heterocycles. The third kappa shape index (κ3) is 4.45. The standard InChI is InChI=1S/C15H17ClN2O/c1-2-8-17-15-10-13(9-14(16)18-15)19-11-12-6-4-3-5-7-12/h3-7,9-10H,2,8,11H2,1H3,(H,17,18). The number of pyridine rings is 1. The highest BCUT2D eigenvalue weighted by molar-refractivity contribution is 6.29. The molecule has 1 aromatic heterocycles. The van der Waals surface area contributed by atoms with Gasteiger partial charge in [0.05, 0.1) is 0 Å². The average molecular weight is 277 g/mol. The molecule has 2 rings (SSSR count). The van der Waals surface area contributed by atoms with Crippen LogP contribution in [0.2, 0.25) is 5.15 Å². The second-order valence-corrected chi connectivity index (χ2v) is 4.60. The molecule has 0 unspecified atom stereocenters. The van der Waals surface area contributed by atoms with E-state index < -0.39 is 0 Å². The van der Waals surface area contributed by atoms with Crippen molar-refractivity contribution in [1.29, 1.82) is 0 Å². The Morgan fingerprint density at radius 1 is 1.21 bits per heavy atom. The van der Waals surface area contributed by atoms with Crippen LogP contribution in [-0.2, 0) is 6.61 Å². The molecule has 19 heavy (non-hydrogen) atoms. The minimum atomic E-state index is 0.434. The molecule has 4 heteroatoms. The number of anilines is 1. The van der Waals surface area contributed by atoms with E-state index in [0.717, 1.165) is 30.1 Å². The van der Waals surface area contributed by atoms with Crippen LogP contribution in [0.25, 0.3) is 0 Å². The van der Waals surface area contributed by atoms with E-state index in [-0.39, 0.29) is 0 Å². The number of nitrogens with one attached hydrogen (secondary N) is 1. The van der Waals surface area contributed by atoms with Gasteiger partial charge in [0.2, 0.25) is 0 Å². The topological polar surface area (TPSA) is 34.1 Å². The number of nitrogens with zero attached hydrogens (tertiary/aromatic N) is 1. The fourth-order valence-electron chi connectivity index (χ4n) is 1.64. The highest BCUT2D eigenvalue weighted by Crippen LogP contribution is 2.21. The smallest absolute Gasteiger partial charge is 0.135 e. The Kier molecular flexibility index (Phi) is 5.04. The predicted octanol–water partition coefficient (Wildman–Crippen LogP) is 4.14. The minimum absolute atomic E-state index is 0.434. The molecule has 100 valence electrons. The minimum Gasteiger partial charge on any atom is -0.489 e. The van der Waals surface area contributed by atoms with Crippen LogP contribution < -0.4 is 10.1 Å². The Labute approximate surface area is 118 Å². The van der Waals surface area contributed by atoms with Crippen molar-refractivity contribution >= 4 is 17.4 Å². The average Bonchev–Trinajstić information content (AvgIpc) is 2.43. The van der Waals surface area contributed by atoms with Gasteiger partial charge in [0.25, 0.3) is 0 Å². The van der Waals surface area contributed by atoms with Crippen molar-refractivity contribution < 1.29 is 4.74 Å². The molecule has 0 saturated carbocycles. The van der Waals surface area contributed by atoms with E-state index in [0.29, 0.717) is 11.8 Å². The van der Waals surface area contributed by atoms with Crippen LogP contribution in [0.4, 0.5) is 5.82 Å². The Hall–Kier alpha value is -1.74. The molecule has 0 fully saturated rings. The molecule has 0 aliphatic rings. The zero-order chi connectivity index (χ0) is 13.5. The highest BCUT2D eigenvalue weighted by atomic mass is 35.5. The summed E-state index contributed by atoms with van der Waals surface area (Å²) >= 11 is 5.98. The van der Waals surface area contributed by atoms with E-state index in [2.05, 4.69) is 17.2 Å². The second-order valence-electron chi connectivity index (χ2n) is 4.21. The van der Waals surface area contributed by atoms with E-state index in [1.807, 2.05) is 36.4 Å². The molecule has 0 aliphatic carbocycles. The van der Waals surface area contributed by atoms with E-state index >= 15 is 0 Å². The van der Waals surface area contributed by atoms with Crippen molar-refractivity contribution in [3.63, 3.8) is 0 Å². The third-order valence-corrected chi connectivity index (χ3v) is 2.77. The van der Waals surface area contributed by atoms with Gasteiger partial charge >= 0.3 is 0 Å². The molecule has 1 N–H and O–H groups in total. The molecule has 3 nitrogen and oxygen atoms in total. The van der Waals surface area contributed by atoms with Gasteiger partial charge in [-0.1, -0.05) is 48.9 Å². The van der Waals surface area contributed by atoms with Gasteiger partial charge < -0.3 is 10.1 Å². The maximum Gasteiger partial charge on any atom is 0.135 e. The first-order valence-electron chi connectivity index (χ1n) is 6.36. The lowest BCUT2D eigenvalue weighted by Crippen LogP contribution is -2.03. The summed E-state index contributed by atoms with van der Waals surface area (Å²) in [6, 6.07) is 13.6. The van der Waals surface area contributed by atoms with E-state index in [1.165, 1.54) is 0 Å². The first kappa shape index (κ1) is 13.7. The summed E-state index contributed by atoms with van der Waals surface area (Å²) in [6.07, 6.45) is 1.04. The lowest BCUT2D eigenvalue weighted by Gasteiger charge is -2.09. The molecular formula is C15H17ClN2O. The van der Waals surface area contributed by atoms with Gasteiger partial charge in [-0.15, -0.1) is 0 Å². The summed E-state index contributed by atoms with van der Waals surface area (Å²) in [4.78, 5) is 4.20. The molecule has 0 saturated heterocycles. The normalized spacial score (nSPS) is 10.2. The van der Waals surface area contributed by atoms with E-state index in [4.69, 9.17) is 16.3 Å². The van der Waals surface area contributed by atoms with E-state index in [9.17, 15) is 0 Å². The van der Waals surface area contributed by atoms with Gasteiger partial charge in [0.15, 0.2) is 0 Å². The largest absolute Gasteiger partial charge is 0.489 e. The summed E-state index contributed by atoms with van der Waals surface area (Å²) in [5, 5.41) is 3.63. The van der Waals surface area contributed by atoms with Crippen LogP contribution in [0.5, 0.6) is 5.75 Å². The maximum atomic E-state index is 5.98. The third-order valence-electron chi connectivity index (χ3n) is 2.57. The Morgan fingerprint density at radius 3 is 2.74 bits per heavy atom. The molecule has 0 bridgehead atoms. The van der Waals surface area contributed by atoms with Crippen LogP contribution in [0.15, 0.2) is 42.5 Å². The summed E-state index contributed by atoms with van der Waals surface area (Å²) < 4.78 is 5.73. The quantitative estimate of drug-likeness (QED) is 0.806. The molecule has 0 spiro atoms. The summed E-state index contributed by atoms with van der Waals surface area (Å²) in [6.45, 7) is 3.49. The first-order valence-corrected chi connectivity index (χ1v) is 6.74. The Morgan fingerprint density at radius 2 is 2.00 bits per heavy atom. The zero-order valence-corrected chi connectivity index (χ0v) is 11.7. The van der Waals surface area contributed by atoms with Crippen molar-refractivity contribution in [3.8, 4) is 5.75 Å². The molecule has 0 radical (unpaired) electrons. The van der Waals surface area contributed by atoms with Crippen LogP contribution in [0, 0.1) is 0 Å². The number of aromatic nitrogens is 1. The molecule has 0 atom stereocenters. The number of hydrogen-bond acceptors (Lipinski definition) is 3. The van der Waals surface area contributed by atoms with E-state index in [1.54, 1.807) is 6.07 Å². The number of benzene rings is 1. The molecule has 0 amide bonds. The Bertz CT molecular complexity index is 517. The summed E-state index contributed by atoms with van der Waals surface area (Å²) in [7, 11) is 0. The molecule has 1 aromatic carbocycles. The van der Waals surface area contributed by atoms with Crippen molar-refractivity contribution in [2.75, 3.05) is 11.9 Å². The van der Waals surface area contributed by atoms with Crippen molar-refractivity contribution in [1.82, 2.24) is 4.98 Å². The lowest BCUT2D eigenvalue weighted by atomic mass is 10.2. The highest BCUT2D eigenvalue weighted by Gasteiger charge is 2.02. The van der Waals surface area contributed by atoms with Crippen LogP contribution >= 0.6 is 11.6 Å². The monoisotopic (exact) mass is 276 g/mol. The van der Waals surface area contributed by atoms with Gasteiger partial charge in [0.1, 0.15) is 23.3 Å². The van der Waals surface area contributed by atoms with Gasteiger partial charge in [-0.05, 0) is 12.0 Å². The first-order chi connectivity index (χ1) is 9.28. The SMILES string of the molecule is CCCNc1cc(OCc2ccccc2)cc(Cl)n1. The van der Waals surface area contributed by atoms with Crippen LogP contribution in [0.3, 0.4) is 0 Å². The zero-order valence-electron chi connectivity index (χ0n) is 10.9. The number of ether oxygens (including phenoxy) is 1. The number of halogens is 1. The fraction of sp³-hybridized carbons (Fsp3) is 0.267. The Balaban J connectivity index is 2.01. The summed E-state index contributed by atoms with van der Waals surface area (Å²) in [5.41, 5.74) is 1.12. The molecule has 1 heterocycles. The number of hydrogen-bond donors (Lipinski definition) is 1. The van der Waals surface area contributed by atoms with Crippen LogP contribution in [-0.4, -0.2) is 11.5 Å². The van der Waals surface area contributed by atoms with Gasteiger partial charge in [-0.2, -0.15) is 0 Å². The van der Waals surface area contributed by atoms with Crippen molar-refractivity contribution in [2.45, 2.75) is 20.0 Å². The molecule has 2 aromatic rings. The van der Waals surface area contributed by atoms with Gasteiger partial charge in [-0.3, -0.25) is 0 Å². The van der Waals surface area contributed by atoms with Crippen molar-refractivity contribution in [2.24, 2.45) is 0 Å². The number of rotatable bonds is 6. The maximum absolute atomic E-state index is 5.98. The second kappa shape index (κ2) is 7.00.